The Hall–Kier alpha value is -0.300. The molecule has 0 unspecified atom stereocenters. The number of fused-ring (bicyclic) bond motifs is 1. The van der Waals surface area contributed by atoms with Crippen LogP contribution in [0.2, 0.25) is 0 Å². The molecule has 1 aliphatic rings. The maximum absolute atomic E-state index is 2.36. The molecule has 0 bridgehead atoms. The molecule has 0 saturated carbocycles. The lowest BCUT2D eigenvalue weighted by molar-refractivity contribution is 0.442. The van der Waals surface area contributed by atoms with Gasteiger partial charge < -0.3 is 0 Å². The SMILES string of the molecule is CC1(C)CCCc2ccsc21. The summed E-state index contributed by atoms with van der Waals surface area (Å²) in [5.41, 5.74) is 2.06. The van der Waals surface area contributed by atoms with Crippen LogP contribution in [-0.2, 0) is 11.8 Å². The molecule has 0 saturated heterocycles. The van der Waals surface area contributed by atoms with E-state index in [1.807, 2.05) is 11.3 Å². The normalized spacial score (nSPS) is 21.3. The fourth-order valence-corrected chi connectivity index (χ4v) is 3.07. The van der Waals surface area contributed by atoms with Gasteiger partial charge in [0.1, 0.15) is 0 Å². The highest BCUT2D eigenvalue weighted by molar-refractivity contribution is 7.10. The number of aryl methyl sites for hydroxylation is 1. The van der Waals surface area contributed by atoms with Crippen molar-refractivity contribution in [2.45, 2.75) is 38.5 Å². The molecule has 0 amide bonds. The molecule has 60 valence electrons. The van der Waals surface area contributed by atoms with Gasteiger partial charge in [-0.2, -0.15) is 0 Å². The number of hydrogen-bond acceptors (Lipinski definition) is 1. The lowest BCUT2D eigenvalue weighted by Crippen LogP contribution is -2.21. The minimum atomic E-state index is 0.460. The first-order valence-electron chi connectivity index (χ1n) is 4.27. The second-order valence-electron chi connectivity index (χ2n) is 4.01. The topological polar surface area (TPSA) is 0 Å². The number of thiophene rings is 1. The van der Waals surface area contributed by atoms with Crippen LogP contribution in [-0.4, -0.2) is 0 Å². The Labute approximate surface area is 72.3 Å². The van der Waals surface area contributed by atoms with Crippen LogP contribution in [0.5, 0.6) is 0 Å². The first-order chi connectivity index (χ1) is 5.20. The van der Waals surface area contributed by atoms with Gasteiger partial charge in [0, 0.05) is 4.88 Å². The van der Waals surface area contributed by atoms with Crippen LogP contribution in [0.25, 0.3) is 0 Å². The van der Waals surface area contributed by atoms with Gasteiger partial charge in [0.2, 0.25) is 0 Å². The highest BCUT2D eigenvalue weighted by Gasteiger charge is 2.27. The standard InChI is InChI=1S/C10H14S/c1-10(2)6-3-4-8-5-7-11-9(8)10/h5,7H,3-4,6H2,1-2H3. The third-order valence-electron chi connectivity index (χ3n) is 2.61. The van der Waals surface area contributed by atoms with Crippen LogP contribution in [0.15, 0.2) is 11.4 Å². The molecule has 0 nitrogen and oxygen atoms in total. The predicted octanol–water partition coefficient (Wildman–Crippen LogP) is 3.36. The monoisotopic (exact) mass is 166 g/mol. The molecule has 11 heavy (non-hydrogen) atoms. The van der Waals surface area contributed by atoms with E-state index in [1.54, 1.807) is 10.4 Å². The van der Waals surface area contributed by atoms with E-state index in [9.17, 15) is 0 Å². The average molecular weight is 166 g/mol. The van der Waals surface area contributed by atoms with Crippen molar-refractivity contribution in [1.82, 2.24) is 0 Å². The van der Waals surface area contributed by atoms with Crippen LogP contribution >= 0.6 is 11.3 Å². The molecule has 1 heteroatoms. The zero-order valence-electron chi connectivity index (χ0n) is 7.18. The lowest BCUT2D eigenvalue weighted by atomic mass is 9.78. The summed E-state index contributed by atoms with van der Waals surface area (Å²) in [6, 6.07) is 2.29. The van der Waals surface area contributed by atoms with E-state index in [0.29, 0.717) is 5.41 Å². The van der Waals surface area contributed by atoms with Gasteiger partial charge in [0.05, 0.1) is 0 Å². The molecule has 1 aromatic heterocycles. The molecule has 0 aromatic carbocycles. The Morgan fingerprint density at radius 3 is 3.00 bits per heavy atom. The Kier molecular flexibility index (Phi) is 1.57. The quantitative estimate of drug-likeness (QED) is 0.554. The van der Waals surface area contributed by atoms with E-state index in [2.05, 4.69) is 25.3 Å². The van der Waals surface area contributed by atoms with E-state index in [0.717, 1.165) is 0 Å². The van der Waals surface area contributed by atoms with Crippen LogP contribution in [0.1, 0.15) is 37.1 Å². The molecule has 0 radical (unpaired) electrons. The fourth-order valence-electron chi connectivity index (χ4n) is 1.96. The zero-order chi connectivity index (χ0) is 7.90. The summed E-state index contributed by atoms with van der Waals surface area (Å²) in [6.45, 7) is 4.73. The minimum absolute atomic E-state index is 0.460. The molecule has 0 N–H and O–H groups in total. The largest absolute Gasteiger partial charge is 0.148 e. The fraction of sp³-hybridized carbons (Fsp3) is 0.600. The van der Waals surface area contributed by atoms with E-state index in [-0.39, 0.29) is 0 Å². The van der Waals surface area contributed by atoms with Gasteiger partial charge in [-0.3, -0.25) is 0 Å². The van der Waals surface area contributed by atoms with Crippen molar-refractivity contribution in [2.75, 3.05) is 0 Å². The predicted molar refractivity (Wildman–Crippen MR) is 50.3 cm³/mol. The van der Waals surface area contributed by atoms with Crippen molar-refractivity contribution >= 4 is 11.3 Å². The van der Waals surface area contributed by atoms with Crippen LogP contribution in [0, 0.1) is 0 Å². The highest BCUT2D eigenvalue weighted by atomic mass is 32.1. The van der Waals surface area contributed by atoms with E-state index >= 15 is 0 Å². The van der Waals surface area contributed by atoms with Crippen LogP contribution in [0.3, 0.4) is 0 Å². The van der Waals surface area contributed by atoms with Gasteiger partial charge >= 0.3 is 0 Å². The van der Waals surface area contributed by atoms with Gasteiger partial charge in [-0.25, -0.2) is 0 Å². The van der Waals surface area contributed by atoms with Gasteiger partial charge in [-0.1, -0.05) is 13.8 Å². The van der Waals surface area contributed by atoms with Gasteiger partial charge in [0.15, 0.2) is 0 Å². The third-order valence-corrected chi connectivity index (χ3v) is 3.93. The minimum Gasteiger partial charge on any atom is -0.148 e. The number of hydrogen-bond donors (Lipinski definition) is 0. The van der Waals surface area contributed by atoms with Crippen molar-refractivity contribution < 1.29 is 0 Å². The third kappa shape index (κ3) is 1.12. The van der Waals surface area contributed by atoms with Crippen molar-refractivity contribution in [3.8, 4) is 0 Å². The molecule has 0 atom stereocenters. The average Bonchev–Trinajstić information content (AvgIpc) is 2.34. The van der Waals surface area contributed by atoms with Crippen LogP contribution in [0.4, 0.5) is 0 Å². The molecule has 0 spiro atoms. The molecule has 0 fully saturated rings. The molecule has 0 aliphatic heterocycles. The van der Waals surface area contributed by atoms with Gasteiger partial charge in [-0.15, -0.1) is 11.3 Å². The highest BCUT2D eigenvalue weighted by Crippen LogP contribution is 2.39. The molecule has 1 heterocycles. The van der Waals surface area contributed by atoms with Crippen molar-refractivity contribution in [2.24, 2.45) is 0 Å². The Morgan fingerprint density at radius 1 is 1.45 bits per heavy atom. The van der Waals surface area contributed by atoms with Crippen molar-refractivity contribution in [1.29, 1.82) is 0 Å². The second kappa shape index (κ2) is 2.34. The zero-order valence-corrected chi connectivity index (χ0v) is 8.00. The van der Waals surface area contributed by atoms with Gasteiger partial charge in [-0.05, 0) is 41.7 Å². The summed E-state index contributed by atoms with van der Waals surface area (Å²) < 4.78 is 0. The molecule has 1 aromatic rings. The van der Waals surface area contributed by atoms with E-state index in [1.165, 1.54) is 19.3 Å². The Bertz CT molecular complexity index is 258. The van der Waals surface area contributed by atoms with Crippen LogP contribution < -0.4 is 0 Å². The number of rotatable bonds is 0. The van der Waals surface area contributed by atoms with E-state index in [4.69, 9.17) is 0 Å². The molecular formula is C10H14S. The maximum Gasteiger partial charge on any atom is 0.0133 e. The lowest BCUT2D eigenvalue weighted by Gasteiger charge is -2.29. The summed E-state index contributed by atoms with van der Waals surface area (Å²) in [7, 11) is 0. The summed E-state index contributed by atoms with van der Waals surface area (Å²) in [5, 5.41) is 2.23. The first kappa shape index (κ1) is 7.35. The van der Waals surface area contributed by atoms with Gasteiger partial charge in [0.25, 0.3) is 0 Å². The second-order valence-corrected chi connectivity index (χ2v) is 4.93. The van der Waals surface area contributed by atoms with Crippen molar-refractivity contribution in [3.05, 3.63) is 21.9 Å². The van der Waals surface area contributed by atoms with Crippen molar-refractivity contribution in [3.63, 3.8) is 0 Å². The summed E-state index contributed by atoms with van der Waals surface area (Å²) in [5.74, 6) is 0. The maximum atomic E-state index is 2.36. The summed E-state index contributed by atoms with van der Waals surface area (Å²) in [4.78, 5) is 1.63. The molecule has 1 aliphatic carbocycles. The molecule has 2 rings (SSSR count). The molecular weight excluding hydrogens is 152 g/mol. The first-order valence-corrected chi connectivity index (χ1v) is 5.15. The summed E-state index contributed by atoms with van der Waals surface area (Å²) >= 11 is 1.93. The Morgan fingerprint density at radius 2 is 2.27 bits per heavy atom. The van der Waals surface area contributed by atoms with E-state index < -0.39 is 0 Å². The smallest absolute Gasteiger partial charge is 0.0133 e. The Balaban J connectivity index is 2.48. The summed E-state index contributed by atoms with van der Waals surface area (Å²) in [6.07, 6.45) is 4.04.